The van der Waals surface area contributed by atoms with Crippen LogP contribution in [-0.2, 0) is 0 Å². The van der Waals surface area contributed by atoms with Gasteiger partial charge in [-0.2, -0.15) is 5.10 Å². The Morgan fingerprint density at radius 2 is 1.86 bits per heavy atom. The second-order valence-electron chi connectivity index (χ2n) is 5.42. The minimum Gasteiger partial charge on any atom is -0.258 e. The van der Waals surface area contributed by atoms with Gasteiger partial charge in [0, 0.05) is 28.2 Å². The average Bonchev–Trinajstić information content (AvgIpc) is 2.92. The number of hydrogen-bond acceptors (Lipinski definition) is 3. The lowest BCUT2D eigenvalue weighted by Crippen LogP contribution is -2.16. The molecule has 3 rings (SSSR count). The van der Waals surface area contributed by atoms with Crippen LogP contribution in [0.25, 0.3) is 11.3 Å². The van der Waals surface area contributed by atoms with Gasteiger partial charge in [-0.15, -0.1) is 11.3 Å². The fraction of sp³-hybridized carbons (Fsp3) is 0.412. The lowest BCUT2D eigenvalue weighted by atomic mass is 9.99. The zero-order valence-electron chi connectivity index (χ0n) is 12.8. The maximum absolute atomic E-state index is 6.00. The summed E-state index contributed by atoms with van der Waals surface area (Å²) in [6.07, 6.45) is 6.03. The van der Waals surface area contributed by atoms with E-state index in [-0.39, 0.29) is 0 Å². The maximum atomic E-state index is 6.00. The van der Waals surface area contributed by atoms with Gasteiger partial charge in [-0.1, -0.05) is 30.2 Å². The van der Waals surface area contributed by atoms with Gasteiger partial charge in [0.1, 0.15) is 0 Å². The second-order valence-corrected chi connectivity index (χ2v) is 6.70. The van der Waals surface area contributed by atoms with Crippen molar-refractivity contribution in [2.45, 2.75) is 39.0 Å². The van der Waals surface area contributed by atoms with E-state index in [0.717, 1.165) is 40.5 Å². The van der Waals surface area contributed by atoms with Crippen molar-refractivity contribution < 1.29 is 0 Å². The van der Waals surface area contributed by atoms with Crippen LogP contribution in [-0.4, -0.2) is 16.9 Å². The zero-order valence-corrected chi connectivity index (χ0v) is 14.3. The van der Waals surface area contributed by atoms with E-state index in [2.05, 4.69) is 17.3 Å². The van der Waals surface area contributed by atoms with Crippen LogP contribution in [0.3, 0.4) is 0 Å². The van der Waals surface area contributed by atoms with E-state index < -0.39 is 0 Å². The summed E-state index contributed by atoms with van der Waals surface area (Å²) in [5.41, 5.74) is 3.50. The summed E-state index contributed by atoms with van der Waals surface area (Å²) in [6.45, 7) is 2.82. The van der Waals surface area contributed by atoms with Crippen molar-refractivity contribution in [3.8, 4) is 11.3 Å². The number of hydrogen-bond donors (Lipinski definition) is 0. The highest BCUT2D eigenvalue weighted by molar-refractivity contribution is 7.07. The molecule has 2 aromatic rings. The normalized spacial score (nSPS) is 16.1. The van der Waals surface area contributed by atoms with E-state index in [1.165, 1.54) is 25.0 Å². The molecule has 1 aliphatic carbocycles. The van der Waals surface area contributed by atoms with Crippen molar-refractivity contribution in [3.05, 3.63) is 39.5 Å². The summed E-state index contributed by atoms with van der Waals surface area (Å²) >= 11 is 7.64. The van der Waals surface area contributed by atoms with Crippen LogP contribution in [0.2, 0.25) is 5.02 Å². The Balaban J connectivity index is 2.07. The standard InChI is InChI=1S/C17H20ClN3S/c1-2-19-17-21(20-15-6-4-3-5-7-15)16(12-22-17)13-8-10-14(18)11-9-13/h8-12H,2-7H2,1H3. The summed E-state index contributed by atoms with van der Waals surface area (Å²) in [7, 11) is 0. The summed E-state index contributed by atoms with van der Waals surface area (Å²) in [6, 6.07) is 7.92. The maximum Gasteiger partial charge on any atom is 0.206 e. The molecule has 22 heavy (non-hydrogen) atoms. The molecule has 3 nitrogen and oxygen atoms in total. The number of benzene rings is 1. The molecular formula is C17H20ClN3S. The van der Waals surface area contributed by atoms with Crippen molar-refractivity contribution >= 4 is 28.6 Å². The Kier molecular flexibility index (Phi) is 5.11. The fourth-order valence-corrected chi connectivity index (χ4v) is 3.68. The molecule has 116 valence electrons. The molecule has 1 aromatic carbocycles. The first-order valence-corrected chi connectivity index (χ1v) is 9.07. The molecule has 0 amide bonds. The van der Waals surface area contributed by atoms with Crippen LogP contribution in [0.15, 0.2) is 39.7 Å². The first-order valence-electron chi connectivity index (χ1n) is 7.81. The van der Waals surface area contributed by atoms with E-state index in [1.54, 1.807) is 11.3 Å². The predicted octanol–water partition coefficient (Wildman–Crippen LogP) is 4.96. The topological polar surface area (TPSA) is 29.6 Å². The fourth-order valence-electron chi connectivity index (χ4n) is 2.66. The smallest absolute Gasteiger partial charge is 0.206 e. The van der Waals surface area contributed by atoms with E-state index in [4.69, 9.17) is 16.7 Å². The van der Waals surface area contributed by atoms with E-state index in [0.29, 0.717) is 0 Å². The van der Waals surface area contributed by atoms with Crippen LogP contribution >= 0.6 is 22.9 Å². The Morgan fingerprint density at radius 3 is 2.55 bits per heavy atom. The summed E-state index contributed by atoms with van der Waals surface area (Å²) < 4.78 is 2.01. The summed E-state index contributed by atoms with van der Waals surface area (Å²) in [4.78, 5) is 5.55. The minimum absolute atomic E-state index is 0.752. The lowest BCUT2D eigenvalue weighted by molar-refractivity contribution is 0.655. The van der Waals surface area contributed by atoms with Crippen LogP contribution < -0.4 is 4.80 Å². The highest BCUT2D eigenvalue weighted by Crippen LogP contribution is 2.23. The molecule has 1 aromatic heterocycles. The molecule has 0 radical (unpaired) electrons. The molecule has 0 N–H and O–H groups in total. The van der Waals surface area contributed by atoms with Crippen LogP contribution in [0.4, 0.5) is 0 Å². The van der Waals surface area contributed by atoms with Gasteiger partial charge in [0.15, 0.2) is 0 Å². The zero-order chi connectivity index (χ0) is 15.4. The molecule has 1 heterocycles. The van der Waals surface area contributed by atoms with Gasteiger partial charge in [0.25, 0.3) is 0 Å². The first kappa shape index (κ1) is 15.5. The van der Waals surface area contributed by atoms with Crippen molar-refractivity contribution in [2.75, 3.05) is 6.54 Å². The average molecular weight is 334 g/mol. The van der Waals surface area contributed by atoms with Crippen molar-refractivity contribution in [1.82, 2.24) is 4.68 Å². The van der Waals surface area contributed by atoms with E-state index in [9.17, 15) is 0 Å². The Labute approximate surface area is 140 Å². The molecule has 0 saturated heterocycles. The van der Waals surface area contributed by atoms with Crippen molar-refractivity contribution in [1.29, 1.82) is 0 Å². The number of nitrogens with zero attached hydrogens (tertiary/aromatic N) is 3. The van der Waals surface area contributed by atoms with Gasteiger partial charge in [-0.3, -0.25) is 4.99 Å². The number of aromatic nitrogens is 1. The largest absolute Gasteiger partial charge is 0.258 e. The Hall–Kier alpha value is -1.39. The Bertz CT molecular complexity index is 717. The molecule has 1 aliphatic rings. The van der Waals surface area contributed by atoms with Crippen molar-refractivity contribution in [2.24, 2.45) is 10.1 Å². The third-order valence-corrected chi connectivity index (χ3v) is 4.90. The van der Waals surface area contributed by atoms with Gasteiger partial charge in [-0.05, 0) is 44.7 Å². The molecule has 1 saturated carbocycles. The van der Waals surface area contributed by atoms with Gasteiger partial charge in [0.2, 0.25) is 4.80 Å². The molecule has 5 heteroatoms. The van der Waals surface area contributed by atoms with Crippen LogP contribution in [0.1, 0.15) is 39.0 Å². The van der Waals surface area contributed by atoms with E-state index in [1.807, 2.05) is 28.9 Å². The monoisotopic (exact) mass is 333 g/mol. The Morgan fingerprint density at radius 1 is 1.14 bits per heavy atom. The van der Waals surface area contributed by atoms with Gasteiger partial charge >= 0.3 is 0 Å². The molecule has 0 spiro atoms. The third-order valence-electron chi connectivity index (χ3n) is 3.79. The van der Waals surface area contributed by atoms with Gasteiger partial charge in [-0.25, -0.2) is 4.68 Å². The number of thiazole rings is 1. The predicted molar refractivity (Wildman–Crippen MR) is 94.8 cm³/mol. The second kappa shape index (κ2) is 7.25. The molecule has 0 bridgehead atoms. The quantitative estimate of drug-likeness (QED) is 0.760. The number of rotatable bonds is 3. The van der Waals surface area contributed by atoms with Gasteiger partial charge < -0.3 is 0 Å². The highest BCUT2D eigenvalue weighted by atomic mass is 35.5. The van der Waals surface area contributed by atoms with E-state index >= 15 is 0 Å². The molecule has 1 fully saturated rings. The molecule has 0 atom stereocenters. The van der Waals surface area contributed by atoms with Gasteiger partial charge in [0.05, 0.1) is 5.69 Å². The summed E-state index contributed by atoms with van der Waals surface area (Å²) in [5, 5.41) is 7.79. The first-order chi connectivity index (χ1) is 10.8. The third kappa shape index (κ3) is 3.50. The lowest BCUT2D eigenvalue weighted by Gasteiger charge is -2.13. The summed E-state index contributed by atoms with van der Waals surface area (Å²) in [5.74, 6) is 0. The molecule has 0 aliphatic heterocycles. The molecule has 0 unspecified atom stereocenters. The minimum atomic E-state index is 0.752. The van der Waals surface area contributed by atoms with Crippen LogP contribution in [0, 0.1) is 0 Å². The SMILES string of the molecule is CCN=c1scc(-c2ccc(Cl)cc2)n1N=C1CCCCC1. The highest BCUT2D eigenvalue weighted by Gasteiger charge is 2.11. The van der Waals surface area contributed by atoms with Crippen molar-refractivity contribution in [3.63, 3.8) is 0 Å². The number of halogens is 1. The molecular weight excluding hydrogens is 314 g/mol. The van der Waals surface area contributed by atoms with Crippen LogP contribution in [0.5, 0.6) is 0 Å².